The average Bonchev–Trinajstić information content (AvgIpc) is 3.34. The van der Waals surface area contributed by atoms with Crippen molar-refractivity contribution in [1.82, 2.24) is 24.6 Å². The Bertz CT molecular complexity index is 1550. The first-order chi connectivity index (χ1) is 17.1. The van der Waals surface area contributed by atoms with Gasteiger partial charge in [0.2, 0.25) is 5.91 Å². The Kier molecular flexibility index (Phi) is 5.43. The van der Waals surface area contributed by atoms with E-state index in [1.807, 2.05) is 52.9 Å². The molecule has 0 atom stereocenters. The molecule has 35 heavy (non-hydrogen) atoms. The number of aromatic nitrogens is 5. The summed E-state index contributed by atoms with van der Waals surface area (Å²) in [6.07, 6.45) is 2.85. The Balaban J connectivity index is 1.36. The van der Waals surface area contributed by atoms with Gasteiger partial charge in [-0.05, 0) is 72.8 Å². The Morgan fingerprint density at radius 3 is 2.69 bits per heavy atom. The third kappa shape index (κ3) is 3.82. The zero-order valence-electron chi connectivity index (χ0n) is 18.8. The zero-order valence-corrected chi connectivity index (χ0v) is 19.6. The van der Waals surface area contributed by atoms with Crippen LogP contribution in [0.15, 0.2) is 82.8 Å². The van der Waals surface area contributed by atoms with Crippen molar-refractivity contribution in [1.29, 1.82) is 0 Å². The third-order valence-corrected chi connectivity index (χ3v) is 7.41. The highest BCUT2D eigenvalue weighted by Gasteiger charge is 2.41. The molecule has 4 aromatic heterocycles. The number of pyridine rings is 3. The lowest BCUT2D eigenvalue weighted by Gasteiger charge is -2.33. The predicted octanol–water partition coefficient (Wildman–Crippen LogP) is 4.02. The van der Waals surface area contributed by atoms with Gasteiger partial charge in [0, 0.05) is 24.3 Å². The van der Waals surface area contributed by atoms with Gasteiger partial charge in [-0.15, -0.1) is 10.2 Å². The molecule has 0 saturated carbocycles. The summed E-state index contributed by atoms with van der Waals surface area (Å²) in [6.45, 7) is 1.01. The largest absolute Gasteiger partial charge is 0.381 e. The van der Waals surface area contributed by atoms with E-state index in [0.717, 1.165) is 32.2 Å². The minimum atomic E-state index is -0.778. The molecule has 6 rings (SSSR count). The van der Waals surface area contributed by atoms with E-state index in [1.165, 1.54) is 0 Å². The number of fused-ring (bicyclic) bond motifs is 3. The molecule has 9 heteroatoms. The molecule has 1 aromatic carbocycles. The fourth-order valence-corrected chi connectivity index (χ4v) is 5.46. The summed E-state index contributed by atoms with van der Waals surface area (Å²) in [4.78, 5) is 22.7. The molecular weight excluding hydrogens is 460 g/mol. The predicted molar refractivity (Wildman–Crippen MR) is 133 cm³/mol. The third-order valence-electron chi connectivity index (χ3n) is 6.49. The van der Waals surface area contributed by atoms with Crippen molar-refractivity contribution >= 4 is 34.2 Å². The van der Waals surface area contributed by atoms with Gasteiger partial charge >= 0.3 is 0 Å². The molecule has 0 radical (unpaired) electrons. The molecule has 1 saturated heterocycles. The Morgan fingerprint density at radius 2 is 1.89 bits per heavy atom. The number of nitrogens with zero attached hydrogens (tertiary/aromatic N) is 5. The van der Waals surface area contributed by atoms with Crippen molar-refractivity contribution in [2.24, 2.45) is 5.73 Å². The maximum absolute atomic E-state index is 12.4. The van der Waals surface area contributed by atoms with Crippen LogP contribution in [0.3, 0.4) is 0 Å². The summed E-state index contributed by atoms with van der Waals surface area (Å²) >= 11 is 1.55. The molecular formula is C26H22N6O2S. The van der Waals surface area contributed by atoms with Crippen LogP contribution in [-0.4, -0.2) is 43.7 Å². The van der Waals surface area contributed by atoms with Crippen molar-refractivity contribution in [3.63, 3.8) is 0 Å². The van der Waals surface area contributed by atoms with E-state index in [0.29, 0.717) is 37.6 Å². The highest BCUT2D eigenvalue weighted by Crippen LogP contribution is 2.36. The standard InChI is InChI=1S/C26H22N6O2S/c27-25(33)26(11-14-34-15-12-26)21-5-3-6-23(29-21)35-18-8-9-20-17(16-18)7-10-22-30-31-24(32(20)22)19-4-1-2-13-28-19/h1-10,13,16H,11-12,14-15H2,(H2,27,33). The highest BCUT2D eigenvalue weighted by molar-refractivity contribution is 7.99. The van der Waals surface area contributed by atoms with Crippen LogP contribution in [0.25, 0.3) is 28.1 Å². The van der Waals surface area contributed by atoms with E-state index in [1.54, 1.807) is 18.0 Å². The van der Waals surface area contributed by atoms with Crippen LogP contribution < -0.4 is 5.73 Å². The minimum absolute atomic E-state index is 0.345. The lowest BCUT2D eigenvalue weighted by Crippen LogP contribution is -2.46. The Labute approximate surface area is 205 Å². The number of amides is 1. The fraction of sp³-hybridized carbons (Fsp3) is 0.192. The second-order valence-electron chi connectivity index (χ2n) is 8.51. The molecule has 0 unspecified atom stereocenters. The van der Waals surface area contributed by atoms with Crippen LogP contribution in [0.4, 0.5) is 0 Å². The van der Waals surface area contributed by atoms with Gasteiger partial charge in [0.25, 0.3) is 0 Å². The summed E-state index contributed by atoms with van der Waals surface area (Å²) in [7, 11) is 0. The second-order valence-corrected chi connectivity index (χ2v) is 9.60. The Hall–Kier alpha value is -3.82. The number of carbonyl (C=O) groups excluding carboxylic acids is 1. The molecule has 1 fully saturated rings. The molecule has 0 spiro atoms. The number of nitrogens with two attached hydrogens (primary N) is 1. The molecule has 1 aliphatic heterocycles. The summed E-state index contributed by atoms with van der Waals surface area (Å²) in [5, 5.41) is 10.6. The first-order valence-electron chi connectivity index (χ1n) is 11.4. The molecule has 174 valence electrons. The van der Waals surface area contributed by atoms with Gasteiger partial charge in [0.05, 0.1) is 16.6 Å². The van der Waals surface area contributed by atoms with E-state index < -0.39 is 5.41 Å². The molecule has 1 amide bonds. The van der Waals surface area contributed by atoms with Gasteiger partial charge in [-0.25, -0.2) is 4.98 Å². The van der Waals surface area contributed by atoms with Crippen LogP contribution in [0.1, 0.15) is 18.5 Å². The highest BCUT2D eigenvalue weighted by atomic mass is 32.2. The van der Waals surface area contributed by atoms with Crippen molar-refractivity contribution < 1.29 is 9.53 Å². The van der Waals surface area contributed by atoms with Crippen LogP contribution in [0, 0.1) is 0 Å². The lowest BCUT2D eigenvalue weighted by molar-refractivity contribution is -0.127. The van der Waals surface area contributed by atoms with E-state index >= 15 is 0 Å². The summed E-state index contributed by atoms with van der Waals surface area (Å²) in [6, 6.07) is 21.8. The second kappa shape index (κ2) is 8.75. The van der Waals surface area contributed by atoms with E-state index in [9.17, 15) is 4.79 Å². The first kappa shape index (κ1) is 21.7. The Morgan fingerprint density at radius 1 is 1.00 bits per heavy atom. The average molecular weight is 483 g/mol. The molecule has 1 aliphatic rings. The topological polar surface area (TPSA) is 108 Å². The number of hydrogen-bond acceptors (Lipinski definition) is 7. The van der Waals surface area contributed by atoms with E-state index in [-0.39, 0.29) is 5.91 Å². The number of primary amides is 1. The first-order valence-corrected chi connectivity index (χ1v) is 12.2. The van der Waals surface area contributed by atoms with Crippen LogP contribution in [0.5, 0.6) is 0 Å². The maximum Gasteiger partial charge on any atom is 0.229 e. The van der Waals surface area contributed by atoms with Crippen molar-refractivity contribution in [2.45, 2.75) is 28.2 Å². The summed E-state index contributed by atoms with van der Waals surface area (Å²) < 4.78 is 7.49. The van der Waals surface area contributed by atoms with Crippen LogP contribution in [0.2, 0.25) is 0 Å². The maximum atomic E-state index is 12.4. The zero-order chi connectivity index (χ0) is 23.8. The molecule has 5 aromatic rings. The minimum Gasteiger partial charge on any atom is -0.381 e. The lowest BCUT2D eigenvalue weighted by atomic mass is 9.76. The van der Waals surface area contributed by atoms with Crippen molar-refractivity contribution in [3.05, 3.63) is 78.6 Å². The van der Waals surface area contributed by atoms with Gasteiger partial charge in [0.15, 0.2) is 11.5 Å². The molecule has 0 aliphatic carbocycles. The number of hydrogen-bond donors (Lipinski definition) is 1. The van der Waals surface area contributed by atoms with Gasteiger partial charge < -0.3 is 10.5 Å². The summed E-state index contributed by atoms with van der Waals surface area (Å²) in [5.41, 5.74) is 8.29. The SMILES string of the molecule is NC(=O)C1(c2cccc(Sc3ccc4c(ccc5nnc(-c6ccccn6)n54)c3)n2)CCOCC1. The van der Waals surface area contributed by atoms with Crippen LogP contribution in [-0.2, 0) is 14.9 Å². The molecule has 0 bridgehead atoms. The number of carbonyl (C=O) groups is 1. The normalized spacial score (nSPS) is 15.4. The van der Waals surface area contributed by atoms with Crippen LogP contribution >= 0.6 is 11.8 Å². The molecule has 5 heterocycles. The molecule has 2 N–H and O–H groups in total. The fourth-order valence-electron chi connectivity index (χ4n) is 4.61. The van der Waals surface area contributed by atoms with E-state index in [2.05, 4.69) is 33.4 Å². The number of rotatable bonds is 5. The van der Waals surface area contributed by atoms with Crippen molar-refractivity contribution in [3.8, 4) is 11.5 Å². The van der Waals surface area contributed by atoms with Gasteiger partial charge in [-0.1, -0.05) is 23.9 Å². The van der Waals surface area contributed by atoms with Gasteiger partial charge in [-0.3, -0.25) is 14.2 Å². The number of benzene rings is 1. The summed E-state index contributed by atoms with van der Waals surface area (Å²) in [5.74, 6) is 0.358. The monoisotopic (exact) mass is 482 g/mol. The van der Waals surface area contributed by atoms with Gasteiger partial charge in [0.1, 0.15) is 10.7 Å². The molecule has 8 nitrogen and oxygen atoms in total. The van der Waals surface area contributed by atoms with Crippen molar-refractivity contribution in [2.75, 3.05) is 13.2 Å². The number of ether oxygens (including phenoxy) is 1. The van der Waals surface area contributed by atoms with Gasteiger partial charge in [-0.2, -0.15) is 0 Å². The smallest absolute Gasteiger partial charge is 0.229 e. The quantitative estimate of drug-likeness (QED) is 0.403. The van der Waals surface area contributed by atoms with E-state index in [4.69, 9.17) is 15.5 Å².